The Morgan fingerprint density at radius 1 is 1.19 bits per heavy atom. The van der Waals surface area contributed by atoms with Crippen LogP contribution in [-0.4, -0.2) is 24.5 Å². The molecule has 1 aliphatic rings. The molecule has 172 valence electrons. The van der Waals surface area contributed by atoms with E-state index in [-0.39, 0.29) is 30.3 Å². The topological polar surface area (TPSA) is 67.4 Å². The van der Waals surface area contributed by atoms with Gasteiger partial charge in [-0.05, 0) is 49.1 Å². The number of ether oxygens (including phenoxy) is 1. The van der Waals surface area contributed by atoms with Crippen molar-refractivity contribution in [2.75, 3.05) is 7.11 Å². The Morgan fingerprint density at radius 2 is 1.91 bits per heavy atom. The molecule has 2 amide bonds. The van der Waals surface area contributed by atoms with E-state index in [1.54, 1.807) is 7.11 Å². The normalized spacial score (nSPS) is 18.3. The second-order valence-corrected chi connectivity index (χ2v) is 7.93. The lowest BCUT2D eigenvalue weighted by Gasteiger charge is -2.29. The van der Waals surface area contributed by atoms with Crippen LogP contribution in [0.5, 0.6) is 5.75 Å². The van der Waals surface area contributed by atoms with Crippen LogP contribution < -0.4 is 15.4 Å². The van der Waals surface area contributed by atoms with E-state index in [1.165, 1.54) is 0 Å². The lowest BCUT2D eigenvalue weighted by molar-refractivity contribution is -0.137. The summed E-state index contributed by atoms with van der Waals surface area (Å²) < 4.78 is 57.0. The molecule has 1 saturated heterocycles. The molecular weight excluding hydrogens is 428 g/mol. The number of methoxy groups -OCH3 is 1. The Kier molecular flexibility index (Phi) is 7.06. The van der Waals surface area contributed by atoms with Gasteiger partial charge in [0.1, 0.15) is 11.6 Å². The van der Waals surface area contributed by atoms with Gasteiger partial charge in [-0.3, -0.25) is 9.59 Å². The van der Waals surface area contributed by atoms with Crippen molar-refractivity contribution in [2.45, 2.75) is 50.4 Å². The third kappa shape index (κ3) is 5.99. The molecule has 1 heterocycles. The van der Waals surface area contributed by atoms with Crippen molar-refractivity contribution in [3.63, 3.8) is 0 Å². The summed E-state index contributed by atoms with van der Waals surface area (Å²) in [5, 5.41) is 5.53. The molecule has 0 aliphatic carbocycles. The maximum Gasteiger partial charge on any atom is 0.416 e. The average Bonchev–Trinajstić information content (AvgIpc) is 3.11. The lowest BCUT2D eigenvalue weighted by atomic mass is 9.85. The first kappa shape index (κ1) is 23.6. The third-order valence-electron chi connectivity index (χ3n) is 5.62. The molecule has 5 nitrogen and oxygen atoms in total. The van der Waals surface area contributed by atoms with Gasteiger partial charge in [0.15, 0.2) is 0 Å². The van der Waals surface area contributed by atoms with E-state index in [0.29, 0.717) is 37.5 Å². The Morgan fingerprint density at radius 3 is 2.47 bits per heavy atom. The Bertz CT molecular complexity index is 976. The van der Waals surface area contributed by atoms with Gasteiger partial charge in [0.2, 0.25) is 11.8 Å². The highest BCUT2D eigenvalue weighted by Gasteiger charge is 2.38. The van der Waals surface area contributed by atoms with Gasteiger partial charge < -0.3 is 15.4 Å². The molecule has 0 unspecified atom stereocenters. The molecule has 32 heavy (non-hydrogen) atoms. The zero-order chi connectivity index (χ0) is 23.4. The quantitative estimate of drug-likeness (QED) is 0.592. The fourth-order valence-electron chi connectivity index (χ4n) is 3.82. The number of rotatable bonds is 8. The molecule has 2 N–H and O–H groups in total. The number of benzene rings is 2. The van der Waals surface area contributed by atoms with Gasteiger partial charge in [-0.15, -0.1) is 0 Å². The maximum atomic E-state index is 14.0. The van der Waals surface area contributed by atoms with Gasteiger partial charge in [-0.1, -0.05) is 18.2 Å². The highest BCUT2D eigenvalue weighted by atomic mass is 19.4. The van der Waals surface area contributed by atoms with Crippen LogP contribution in [0.15, 0.2) is 42.5 Å². The molecule has 1 atom stereocenters. The molecule has 0 radical (unpaired) electrons. The lowest BCUT2D eigenvalue weighted by Crippen LogP contribution is -2.44. The van der Waals surface area contributed by atoms with Crippen molar-refractivity contribution in [3.8, 4) is 5.75 Å². The molecule has 0 bridgehead atoms. The van der Waals surface area contributed by atoms with Gasteiger partial charge in [-0.2, -0.15) is 13.2 Å². The zero-order valence-corrected chi connectivity index (χ0v) is 17.5. The summed E-state index contributed by atoms with van der Waals surface area (Å²) >= 11 is 0. The van der Waals surface area contributed by atoms with E-state index < -0.39 is 23.1 Å². The smallest absolute Gasteiger partial charge is 0.416 e. The molecule has 3 rings (SSSR count). The summed E-state index contributed by atoms with van der Waals surface area (Å²) in [7, 11) is 1.57. The molecule has 0 spiro atoms. The second kappa shape index (κ2) is 9.58. The summed E-state index contributed by atoms with van der Waals surface area (Å²) in [5.41, 5.74) is -0.695. The standard InChI is InChI=1S/C23H24F4N2O3/c1-32-18-6-2-15(3-7-18)13-22(11-9-21(31)29-22)10-8-20(30)28-14-16-4-5-17(12-19(16)24)23(25,26)27/h2-7,12H,8-11,13-14H2,1H3,(H,28,30)(H,29,31)/t22-/m1/s1. The largest absolute Gasteiger partial charge is 0.497 e. The Labute approximate surface area is 183 Å². The van der Waals surface area contributed by atoms with Gasteiger partial charge in [0.25, 0.3) is 0 Å². The molecule has 1 fully saturated rings. The number of nitrogens with one attached hydrogen (secondary N) is 2. The van der Waals surface area contributed by atoms with E-state index in [4.69, 9.17) is 4.74 Å². The zero-order valence-electron chi connectivity index (χ0n) is 17.5. The highest BCUT2D eigenvalue weighted by Crippen LogP contribution is 2.31. The van der Waals surface area contributed by atoms with Crippen LogP contribution in [-0.2, 0) is 28.7 Å². The van der Waals surface area contributed by atoms with E-state index in [9.17, 15) is 27.2 Å². The highest BCUT2D eigenvalue weighted by molar-refractivity contribution is 5.80. The van der Waals surface area contributed by atoms with Crippen LogP contribution in [0.2, 0.25) is 0 Å². The molecule has 9 heteroatoms. The van der Waals surface area contributed by atoms with Gasteiger partial charge >= 0.3 is 6.18 Å². The number of halogens is 4. The summed E-state index contributed by atoms with van der Waals surface area (Å²) in [5.74, 6) is -0.766. The van der Waals surface area contributed by atoms with Gasteiger partial charge in [0.05, 0.1) is 12.7 Å². The second-order valence-electron chi connectivity index (χ2n) is 7.93. The fourth-order valence-corrected chi connectivity index (χ4v) is 3.82. The van der Waals surface area contributed by atoms with E-state index in [1.807, 2.05) is 24.3 Å². The predicted molar refractivity (Wildman–Crippen MR) is 109 cm³/mol. The van der Waals surface area contributed by atoms with Crippen LogP contribution in [0.25, 0.3) is 0 Å². The first-order valence-corrected chi connectivity index (χ1v) is 10.2. The monoisotopic (exact) mass is 452 g/mol. The van der Waals surface area contributed by atoms with E-state index in [2.05, 4.69) is 10.6 Å². The third-order valence-corrected chi connectivity index (χ3v) is 5.62. The first-order chi connectivity index (χ1) is 15.1. The SMILES string of the molecule is COc1ccc(C[C@@]2(CCC(=O)NCc3ccc(C(F)(F)F)cc3F)CCC(=O)N2)cc1. The van der Waals surface area contributed by atoms with Crippen LogP contribution in [0.3, 0.4) is 0 Å². The molecule has 0 saturated carbocycles. The molecule has 2 aromatic carbocycles. The minimum Gasteiger partial charge on any atom is -0.497 e. The minimum atomic E-state index is -4.63. The molecule has 1 aliphatic heterocycles. The number of amides is 2. The number of hydrogen-bond donors (Lipinski definition) is 2. The number of hydrogen-bond acceptors (Lipinski definition) is 3. The van der Waals surface area contributed by atoms with Crippen LogP contribution in [0, 0.1) is 5.82 Å². The van der Waals surface area contributed by atoms with E-state index >= 15 is 0 Å². The number of carbonyl (C=O) groups is 2. The number of alkyl halides is 3. The Hall–Kier alpha value is -3.10. The van der Waals surface area contributed by atoms with E-state index in [0.717, 1.165) is 17.7 Å². The maximum absolute atomic E-state index is 14.0. The minimum absolute atomic E-state index is 0.0338. The summed E-state index contributed by atoms with van der Waals surface area (Å²) in [6, 6.07) is 9.66. The Balaban J connectivity index is 1.58. The van der Waals surface area contributed by atoms with Crippen LogP contribution in [0.4, 0.5) is 17.6 Å². The summed E-state index contributed by atoms with van der Waals surface area (Å²) in [6.45, 7) is -0.222. The predicted octanol–water partition coefficient (Wildman–Crippen LogP) is 4.14. The van der Waals surface area contributed by atoms with Crippen molar-refractivity contribution in [1.29, 1.82) is 0 Å². The van der Waals surface area contributed by atoms with Gasteiger partial charge in [-0.25, -0.2) is 4.39 Å². The van der Waals surface area contributed by atoms with Crippen molar-refractivity contribution >= 4 is 11.8 Å². The molecule has 0 aromatic heterocycles. The first-order valence-electron chi connectivity index (χ1n) is 10.2. The summed E-state index contributed by atoms with van der Waals surface area (Å²) in [4.78, 5) is 24.2. The van der Waals surface area contributed by atoms with Crippen molar-refractivity contribution in [2.24, 2.45) is 0 Å². The summed E-state index contributed by atoms with van der Waals surface area (Å²) in [6.07, 6.45) is -2.67. The van der Waals surface area contributed by atoms with Crippen molar-refractivity contribution in [1.82, 2.24) is 10.6 Å². The van der Waals surface area contributed by atoms with Crippen LogP contribution in [0.1, 0.15) is 42.4 Å². The van der Waals surface area contributed by atoms with Crippen molar-refractivity contribution in [3.05, 3.63) is 65.0 Å². The molecule has 2 aromatic rings. The number of carbonyl (C=O) groups excluding carboxylic acids is 2. The average molecular weight is 452 g/mol. The molecular formula is C23H24F4N2O3. The van der Waals surface area contributed by atoms with Crippen LogP contribution >= 0.6 is 0 Å². The van der Waals surface area contributed by atoms with Gasteiger partial charge in [0, 0.05) is 30.5 Å². The fraction of sp³-hybridized carbons (Fsp3) is 0.391. The van der Waals surface area contributed by atoms with Crippen molar-refractivity contribution < 1.29 is 31.9 Å².